The topological polar surface area (TPSA) is 72.5 Å². The second kappa shape index (κ2) is 7.64. The Balaban J connectivity index is 2.75. The van der Waals surface area contributed by atoms with E-state index in [2.05, 4.69) is 4.72 Å². The Kier molecular flexibility index (Phi) is 6.38. The average molecular weight is 339 g/mol. The highest BCUT2D eigenvalue weighted by molar-refractivity contribution is 7.90. The SMILES string of the molecule is COc1ccc(C)cc1/C=C/C(=O)NS(=O)(=O)CCC(C)(C)C. The highest BCUT2D eigenvalue weighted by atomic mass is 32.2. The number of carbonyl (C=O) groups is 1. The number of amides is 1. The summed E-state index contributed by atoms with van der Waals surface area (Å²) in [5.41, 5.74) is 1.63. The molecular weight excluding hydrogens is 314 g/mol. The van der Waals surface area contributed by atoms with Crippen molar-refractivity contribution in [2.75, 3.05) is 12.9 Å². The molecule has 1 aromatic carbocycles. The van der Waals surface area contributed by atoms with Crippen LogP contribution in [0.3, 0.4) is 0 Å². The van der Waals surface area contributed by atoms with Gasteiger partial charge in [-0.3, -0.25) is 4.79 Å². The van der Waals surface area contributed by atoms with Crippen molar-refractivity contribution in [3.8, 4) is 5.75 Å². The van der Waals surface area contributed by atoms with E-state index >= 15 is 0 Å². The first-order valence-electron chi connectivity index (χ1n) is 7.39. The molecule has 0 radical (unpaired) electrons. The first kappa shape index (κ1) is 19.2. The Morgan fingerprint density at radius 2 is 1.96 bits per heavy atom. The molecule has 23 heavy (non-hydrogen) atoms. The van der Waals surface area contributed by atoms with Crippen molar-refractivity contribution in [1.82, 2.24) is 4.72 Å². The summed E-state index contributed by atoms with van der Waals surface area (Å²) in [4.78, 5) is 11.8. The third-order valence-electron chi connectivity index (χ3n) is 3.18. The van der Waals surface area contributed by atoms with Crippen LogP contribution in [0.2, 0.25) is 0 Å². The maximum absolute atomic E-state index is 11.9. The number of ether oxygens (including phenoxy) is 1. The van der Waals surface area contributed by atoms with E-state index in [1.807, 2.05) is 39.8 Å². The van der Waals surface area contributed by atoms with Gasteiger partial charge in [0.05, 0.1) is 12.9 Å². The Morgan fingerprint density at radius 1 is 1.30 bits per heavy atom. The molecule has 0 atom stereocenters. The van der Waals surface area contributed by atoms with Gasteiger partial charge in [0, 0.05) is 11.6 Å². The van der Waals surface area contributed by atoms with Crippen LogP contribution in [0.1, 0.15) is 38.3 Å². The molecule has 1 N–H and O–H groups in total. The van der Waals surface area contributed by atoms with Crippen LogP contribution in [-0.2, 0) is 14.8 Å². The summed E-state index contributed by atoms with van der Waals surface area (Å²) in [5.74, 6) is -0.123. The van der Waals surface area contributed by atoms with Gasteiger partial charge in [-0.15, -0.1) is 0 Å². The van der Waals surface area contributed by atoms with E-state index in [0.29, 0.717) is 12.2 Å². The van der Waals surface area contributed by atoms with E-state index < -0.39 is 15.9 Å². The molecule has 0 aliphatic heterocycles. The number of rotatable bonds is 6. The zero-order chi connectivity index (χ0) is 17.7. The zero-order valence-corrected chi connectivity index (χ0v) is 15.2. The normalized spacial score (nSPS) is 12.4. The molecule has 1 amide bonds. The van der Waals surface area contributed by atoms with Gasteiger partial charge in [-0.05, 0) is 37.0 Å². The molecule has 0 aliphatic carbocycles. The summed E-state index contributed by atoms with van der Waals surface area (Å²) in [6.07, 6.45) is 3.22. The summed E-state index contributed by atoms with van der Waals surface area (Å²) in [7, 11) is -2.08. The number of carbonyl (C=O) groups excluding carboxylic acids is 1. The lowest BCUT2D eigenvalue weighted by atomic mass is 9.94. The minimum atomic E-state index is -3.62. The Bertz CT molecular complexity index is 685. The van der Waals surface area contributed by atoms with Crippen LogP contribution < -0.4 is 9.46 Å². The van der Waals surface area contributed by atoms with Crippen molar-refractivity contribution in [3.05, 3.63) is 35.4 Å². The van der Waals surface area contributed by atoms with Crippen molar-refractivity contribution >= 4 is 22.0 Å². The van der Waals surface area contributed by atoms with Crippen LogP contribution in [0.5, 0.6) is 5.75 Å². The lowest BCUT2D eigenvalue weighted by Crippen LogP contribution is -2.32. The molecule has 0 aliphatic rings. The highest BCUT2D eigenvalue weighted by Crippen LogP contribution is 2.21. The van der Waals surface area contributed by atoms with E-state index in [1.165, 1.54) is 6.08 Å². The van der Waals surface area contributed by atoms with E-state index in [1.54, 1.807) is 19.3 Å². The molecule has 1 rings (SSSR count). The van der Waals surface area contributed by atoms with E-state index in [9.17, 15) is 13.2 Å². The van der Waals surface area contributed by atoms with E-state index in [0.717, 1.165) is 11.1 Å². The van der Waals surface area contributed by atoms with Crippen LogP contribution in [0.25, 0.3) is 6.08 Å². The zero-order valence-electron chi connectivity index (χ0n) is 14.3. The van der Waals surface area contributed by atoms with E-state index in [4.69, 9.17) is 4.74 Å². The summed E-state index contributed by atoms with van der Waals surface area (Å²) >= 11 is 0. The minimum absolute atomic E-state index is 0.0795. The van der Waals surface area contributed by atoms with Gasteiger partial charge < -0.3 is 4.74 Å². The lowest BCUT2D eigenvalue weighted by molar-refractivity contribution is -0.114. The molecule has 0 aromatic heterocycles. The molecule has 0 fully saturated rings. The number of sulfonamides is 1. The second-order valence-corrected chi connectivity index (χ2v) is 8.52. The number of methoxy groups -OCH3 is 1. The fourth-order valence-electron chi connectivity index (χ4n) is 1.83. The van der Waals surface area contributed by atoms with Crippen molar-refractivity contribution in [1.29, 1.82) is 0 Å². The number of nitrogens with one attached hydrogen (secondary N) is 1. The molecule has 0 saturated carbocycles. The van der Waals surface area contributed by atoms with Crippen LogP contribution in [0.4, 0.5) is 0 Å². The van der Waals surface area contributed by atoms with Gasteiger partial charge in [0.1, 0.15) is 5.75 Å². The quantitative estimate of drug-likeness (QED) is 0.809. The summed E-state index contributed by atoms with van der Waals surface area (Å²) < 4.78 is 31.0. The third-order valence-corrected chi connectivity index (χ3v) is 4.43. The number of benzene rings is 1. The van der Waals surface area contributed by atoms with Crippen LogP contribution in [0.15, 0.2) is 24.3 Å². The molecule has 0 saturated heterocycles. The highest BCUT2D eigenvalue weighted by Gasteiger charge is 2.18. The summed E-state index contributed by atoms with van der Waals surface area (Å²) in [6.45, 7) is 7.78. The molecule has 0 bridgehead atoms. The Morgan fingerprint density at radius 3 is 2.52 bits per heavy atom. The smallest absolute Gasteiger partial charge is 0.257 e. The monoisotopic (exact) mass is 339 g/mol. The lowest BCUT2D eigenvalue weighted by Gasteiger charge is -2.17. The van der Waals surface area contributed by atoms with Gasteiger partial charge in [0.25, 0.3) is 5.91 Å². The maximum atomic E-state index is 11.9. The molecule has 0 heterocycles. The third kappa shape index (κ3) is 7.32. The standard InChI is InChI=1S/C17H25NO4S/c1-13-6-8-15(22-5)14(12-13)7-9-16(19)18-23(20,21)11-10-17(2,3)4/h6-9,12H,10-11H2,1-5H3,(H,18,19)/b9-7+. The fourth-order valence-corrected chi connectivity index (χ4v) is 3.19. The predicted molar refractivity (Wildman–Crippen MR) is 92.8 cm³/mol. The second-order valence-electron chi connectivity index (χ2n) is 6.67. The molecular formula is C17H25NO4S. The number of aryl methyl sites for hydroxylation is 1. The largest absolute Gasteiger partial charge is 0.496 e. The van der Waals surface area contributed by atoms with Gasteiger partial charge >= 0.3 is 0 Å². The van der Waals surface area contributed by atoms with Gasteiger partial charge in [0.15, 0.2) is 0 Å². The number of hydrogen-bond acceptors (Lipinski definition) is 4. The molecule has 0 spiro atoms. The van der Waals surface area contributed by atoms with Crippen molar-refractivity contribution in [3.63, 3.8) is 0 Å². The first-order valence-corrected chi connectivity index (χ1v) is 9.05. The first-order chi connectivity index (χ1) is 10.5. The molecule has 0 unspecified atom stereocenters. The maximum Gasteiger partial charge on any atom is 0.257 e. The molecule has 128 valence electrons. The van der Waals surface area contributed by atoms with Gasteiger partial charge in [-0.2, -0.15) is 0 Å². The average Bonchev–Trinajstić information content (AvgIpc) is 2.42. The number of hydrogen-bond donors (Lipinski definition) is 1. The van der Waals surface area contributed by atoms with Gasteiger partial charge in [-0.25, -0.2) is 13.1 Å². The van der Waals surface area contributed by atoms with Gasteiger partial charge in [-0.1, -0.05) is 32.4 Å². The summed E-state index contributed by atoms with van der Waals surface area (Å²) in [6, 6.07) is 5.55. The Hall–Kier alpha value is -1.82. The molecule has 5 nitrogen and oxygen atoms in total. The van der Waals surface area contributed by atoms with Crippen LogP contribution in [0, 0.1) is 12.3 Å². The molecule has 6 heteroatoms. The molecule has 1 aromatic rings. The van der Waals surface area contributed by atoms with Crippen molar-refractivity contribution < 1.29 is 17.9 Å². The van der Waals surface area contributed by atoms with Crippen molar-refractivity contribution in [2.45, 2.75) is 34.1 Å². The Labute approximate surface area is 138 Å². The predicted octanol–water partition coefficient (Wildman–Crippen LogP) is 2.90. The van der Waals surface area contributed by atoms with E-state index in [-0.39, 0.29) is 11.2 Å². The van der Waals surface area contributed by atoms with Crippen LogP contribution in [-0.4, -0.2) is 27.2 Å². The van der Waals surface area contributed by atoms with Crippen LogP contribution >= 0.6 is 0 Å². The summed E-state index contributed by atoms with van der Waals surface area (Å²) in [5, 5.41) is 0. The minimum Gasteiger partial charge on any atom is -0.496 e. The fraction of sp³-hybridized carbons (Fsp3) is 0.471. The van der Waals surface area contributed by atoms with Gasteiger partial charge in [0.2, 0.25) is 10.0 Å². The van der Waals surface area contributed by atoms with Crippen molar-refractivity contribution in [2.24, 2.45) is 5.41 Å².